The van der Waals surface area contributed by atoms with Crippen LogP contribution in [0.2, 0.25) is 0 Å². The lowest BCUT2D eigenvalue weighted by Crippen LogP contribution is -2.43. The van der Waals surface area contributed by atoms with Gasteiger partial charge in [0, 0.05) is 5.56 Å². The molecule has 0 radical (unpaired) electrons. The molecule has 0 saturated heterocycles. The highest BCUT2D eigenvalue weighted by Gasteiger charge is 2.53. The number of rotatable bonds is 4. The van der Waals surface area contributed by atoms with Crippen molar-refractivity contribution in [3.05, 3.63) is 35.9 Å². The van der Waals surface area contributed by atoms with Crippen LogP contribution in [0.1, 0.15) is 18.9 Å². The number of alkyl halides is 3. The average Bonchev–Trinajstić information content (AvgIpc) is 2.83. The van der Waals surface area contributed by atoms with E-state index < -0.39 is 30.7 Å². The van der Waals surface area contributed by atoms with Crippen molar-refractivity contribution in [1.82, 2.24) is 0 Å². The van der Waals surface area contributed by atoms with Gasteiger partial charge < -0.3 is 9.47 Å². The van der Waals surface area contributed by atoms with Gasteiger partial charge in [-0.3, -0.25) is 0 Å². The van der Waals surface area contributed by atoms with E-state index in [1.807, 2.05) is 0 Å². The number of ether oxygens (including phenoxy) is 2. The van der Waals surface area contributed by atoms with Gasteiger partial charge in [0.1, 0.15) is 6.61 Å². The van der Waals surface area contributed by atoms with Gasteiger partial charge in [0.25, 0.3) is 0 Å². The molecular formula is C14H14F3NO3. The van der Waals surface area contributed by atoms with Crippen LogP contribution in [0, 0.1) is 0 Å². The molecule has 0 saturated carbocycles. The predicted molar refractivity (Wildman–Crippen MR) is 69.0 cm³/mol. The summed E-state index contributed by atoms with van der Waals surface area (Å²) in [5.74, 6) is -0.999. The molecule has 1 unspecified atom stereocenters. The third kappa shape index (κ3) is 3.53. The minimum absolute atomic E-state index is 0.0192. The third-order valence-electron chi connectivity index (χ3n) is 2.93. The second-order valence-electron chi connectivity index (χ2n) is 4.62. The number of halogens is 3. The SMILES string of the molecule is CCOC(=O)C1(CC(F)(F)F)COC(c2ccccc2)=N1. The fourth-order valence-electron chi connectivity index (χ4n) is 2.04. The van der Waals surface area contributed by atoms with E-state index in [0.29, 0.717) is 5.56 Å². The average molecular weight is 301 g/mol. The molecule has 0 spiro atoms. The van der Waals surface area contributed by atoms with Crippen molar-refractivity contribution in [3.8, 4) is 0 Å². The van der Waals surface area contributed by atoms with E-state index in [9.17, 15) is 18.0 Å². The molecule has 1 aromatic carbocycles. The second-order valence-corrected chi connectivity index (χ2v) is 4.62. The van der Waals surface area contributed by atoms with Crippen LogP contribution in [0.4, 0.5) is 13.2 Å². The molecule has 1 aliphatic rings. The van der Waals surface area contributed by atoms with Crippen molar-refractivity contribution < 1.29 is 27.4 Å². The Hall–Kier alpha value is -2.05. The Morgan fingerprint density at radius 1 is 1.38 bits per heavy atom. The summed E-state index contributed by atoms with van der Waals surface area (Å²) in [7, 11) is 0. The molecule has 1 heterocycles. The zero-order valence-electron chi connectivity index (χ0n) is 11.3. The molecule has 0 fully saturated rings. The van der Waals surface area contributed by atoms with Gasteiger partial charge in [-0.05, 0) is 19.1 Å². The standard InChI is InChI=1S/C14H14F3NO3/c1-2-20-12(19)13(8-14(15,16)17)9-21-11(18-13)10-6-4-3-5-7-10/h3-7H,2,8-9H2,1H3. The number of nitrogens with zero attached hydrogens (tertiary/aromatic N) is 1. The molecular weight excluding hydrogens is 287 g/mol. The van der Waals surface area contributed by atoms with E-state index >= 15 is 0 Å². The Morgan fingerprint density at radius 3 is 2.62 bits per heavy atom. The quantitative estimate of drug-likeness (QED) is 0.803. The minimum Gasteiger partial charge on any atom is -0.474 e. The van der Waals surface area contributed by atoms with Gasteiger partial charge in [-0.15, -0.1) is 0 Å². The van der Waals surface area contributed by atoms with Crippen molar-refractivity contribution in [2.45, 2.75) is 25.1 Å². The highest BCUT2D eigenvalue weighted by Crippen LogP contribution is 2.35. The number of hydrogen-bond acceptors (Lipinski definition) is 4. The number of aliphatic imine (C=N–C) groups is 1. The maximum Gasteiger partial charge on any atom is 0.392 e. The van der Waals surface area contributed by atoms with Gasteiger partial charge in [0.15, 0.2) is 0 Å². The van der Waals surface area contributed by atoms with Crippen LogP contribution in [-0.2, 0) is 14.3 Å². The van der Waals surface area contributed by atoms with Crippen LogP contribution in [0.15, 0.2) is 35.3 Å². The van der Waals surface area contributed by atoms with Gasteiger partial charge in [-0.2, -0.15) is 13.2 Å². The molecule has 7 heteroatoms. The number of esters is 1. The van der Waals surface area contributed by atoms with E-state index in [1.165, 1.54) is 6.92 Å². The zero-order valence-corrected chi connectivity index (χ0v) is 11.3. The van der Waals surface area contributed by atoms with E-state index in [0.717, 1.165) is 0 Å². The summed E-state index contributed by atoms with van der Waals surface area (Å²) in [6.45, 7) is 1.03. The predicted octanol–water partition coefficient (Wildman–Crippen LogP) is 2.72. The third-order valence-corrected chi connectivity index (χ3v) is 2.93. The highest BCUT2D eigenvalue weighted by atomic mass is 19.4. The Bertz CT molecular complexity index is 542. The van der Waals surface area contributed by atoms with Crippen molar-refractivity contribution in [1.29, 1.82) is 0 Å². The number of benzene rings is 1. The number of hydrogen-bond donors (Lipinski definition) is 0. The first-order valence-corrected chi connectivity index (χ1v) is 6.38. The summed E-state index contributed by atoms with van der Waals surface area (Å²) < 4.78 is 48.2. The first-order chi connectivity index (χ1) is 9.86. The maximum atomic E-state index is 12.7. The molecule has 0 N–H and O–H groups in total. The summed E-state index contributed by atoms with van der Waals surface area (Å²) in [6.07, 6.45) is -5.96. The number of carbonyl (C=O) groups is 1. The van der Waals surface area contributed by atoms with Crippen LogP contribution in [0.3, 0.4) is 0 Å². The van der Waals surface area contributed by atoms with Gasteiger partial charge in [-0.1, -0.05) is 18.2 Å². The van der Waals surface area contributed by atoms with Crippen molar-refractivity contribution in [3.63, 3.8) is 0 Å². The molecule has 1 aliphatic heterocycles. The fourth-order valence-corrected chi connectivity index (χ4v) is 2.04. The molecule has 0 aromatic heterocycles. The van der Waals surface area contributed by atoms with Gasteiger partial charge in [0.05, 0.1) is 13.0 Å². The van der Waals surface area contributed by atoms with Crippen LogP contribution in [0.5, 0.6) is 0 Å². The van der Waals surface area contributed by atoms with Crippen molar-refractivity contribution in [2.75, 3.05) is 13.2 Å². The van der Waals surface area contributed by atoms with Gasteiger partial charge >= 0.3 is 12.1 Å². The zero-order chi connectivity index (χ0) is 15.5. The maximum absolute atomic E-state index is 12.7. The molecule has 1 atom stereocenters. The van der Waals surface area contributed by atoms with Crippen LogP contribution in [-0.4, -0.2) is 36.8 Å². The highest BCUT2D eigenvalue weighted by molar-refractivity contribution is 5.99. The molecule has 1 aromatic rings. The van der Waals surface area contributed by atoms with E-state index in [1.54, 1.807) is 30.3 Å². The smallest absolute Gasteiger partial charge is 0.392 e. The molecule has 4 nitrogen and oxygen atoms in total. The summed E-state index contributed by atoms with van der Waals surface area (Å²) in [6, 6.07) is 8.46. The number of carbonyl (C=O) groups excluding carboxylic acids is 1. The molecule has 21 heavy (non-hydrogen) atoms. The first kappa shape index (κ1) is 15.3. The Labute approximate surface area is 119 Å². The summed E-state index contributed by atoms with van der Waals surface area (Å²) in [5.41, 5.74) is -1.54. The summed E-state index contributed by atoms with van der Waals surface area (Å²) in [5, 5.41) is 0. The van der Waals surface area contributed by atoms with Crippen molar-refractivity contribution >= 4 is 11.9 Å². The lowest BCUT2D eigenvalue weighted by atomic mass is 9.97. The Kier molecular flexibility index (Phi) is 4.20. The van der Waals surface area contributed by atoms with Crippen molar-refractivity contribution in [2.24, 2.45) is 4.99 Å². The summed E-state index contributed by atoms with van der Waals surface area (Å²) in [4.78, 5) is 15.8. The minimum atomic E-state index is -4.55. The van der Waals surface area contributed by atoms with Crippen LogP contribution in [0.25, 0.3) is 0 Å². The molecule has 0 aliphatic carbocycles. The Morgan fingerprint density at radius 2 is 2.05 bits per heavy atom. The van der Waals surface area contributed by atoms with E-state index in [4.69, 9.17) is 9.47 Å². The largest absolute Gasteiger partial charge is 0.474 e. The molecule has 0 bridgehead atoms. The van der Waals surface area contributed by atoms with Gasteiger partial charge in [0.2, 0.25) is 11.4 Å². The van der Waals surface area contributed by atoms with E-state index in [2.05, 4.69) is 4.99 Å². The molecule has 114 valence electrons. The van der Waals surface area contributed by atoms with Crippen LogP contribution < -0.4 is 0 Å². The Balaban J connectivity index is 2.34. The fraction of sp³-hybridized carbons (Fsp3) is 0.429. The molecule has 0 amide bonds. The monoisotopic (exact) mass is 301 g/mol. The van der Waals surface area contributed by atoms with Gasteiger partial charge in [-0.25, -0.2) is 9.79 Å². The first-order valence-electron chi connectivity index (χ1n) is 6.38. The topological polar surface area (TPSA) is 47.9 Å². The van der Waals surface area contributed by atoms with Crippen LogP contribution >= 0.6 is 0 Å². The normalized spacial score (nSPS) is 21.6. The summed E-state index contributed by atoms with van der Waals surface area (Å²) >= 11 is 0. The lowest BCUT2D eigenvalue weighted by molar-refractivity contribution is -0.171. The molecule has 2 rings (SSSR count). The lowest BCUT2D eigenvalue weighted by Gasteiger charge is -2.22. The second kappa shape index (κ2) is 5.75. The van der Waals surface area contributed by atoms with E-state index in [-0.39, 0.29) is 12.5 Å².